The van der Waals surface area contributed by atoms with E-state index in [4.69, 9.17) is 11.6 Å². The van der Waals surface area contributed by atoms with E-state index in [1.54, 1.807) is 0 Å². The zero-order valence-electron chi connectivity index (χ0n) is 17.0. The molecule has 1 heterocycles. The first-order valence-electron chi connectivity index (χ1n) is 9.51. The second kappa shape index (κ2) is 9.41. The maximum atomic E-state index is 12.1. The van der Waals surface area contributed by atoms with Crippen LogP contribution in [0.25, 0.3) is 5.69 Å². The summed E-state index contributed by atoms with van der Waals surface area (Å²) in [5, 5.41) is 7.23. The van der Waals surface area contributed by atoms with Crippen LogP contribution in [0, 0.1) is 13.8 Å². The summed E-state index contributed by atoms with van der Waals surface area (Å²) in [6.07, 6.45) is 1.52. The van der Waals surface area contributed by atoms with Gasteiger partial charge in [0.25, 0.3) is 0 Å². The molecule has 0 spiro atoms. The summed E-state index contributed by atoms with van der Waals surface area (Å²) in [5.74, 6) is -1.57. The highest BCUT2D eigenvalue weighted by Crippen LogP contribution is 2.25. The molecule has 1 aromatic heterocycles. The van der Waals surface area contributed by atoms with Crippen molar-refractivity contribution in [3.8, 4) is 5.69 Å². The van der Waals surface area contributed by atoms with Gasteiger partial charge in [0.15, 0.2) is 0 Å². The van der Waals surface area contributed by atoms with Crippen LogP contribution >= 0.6 is 11.6 Å². The van der Waals surface area contributed by atoms with Gasteiger partial charge < -0.3 is 9.88 Å². The van der Waals surface area contributed by atoms with Crippen LogP contribution in [0.2, 0.25) is 5.02 Å². The largest absolute Gasteiger partial charge is 0.341 e. The Morgan fingerprint density at radius 2 is 1.70 bits per heavy atom. The first-order valence-corrected chi connectivity index (χ1v) is 9.89. The second-order valence-electron chi connectivity index (χ2n) is 6.92. The molecule has 154 valence electrons. The number of nitrogens with one attached hydrogen (secondary N) is 2. The highest BCUT2D eigenvalue weighted by atomic mass is 35.5. The van der Waals surface area contributed by atoms with Crippen molar-refractivity contribution in [2.24, 2.45) is 5.10 Å². The summed E-state index contributed by atoms with van der Waals surface area (Å²) in [4.78, 5) is 24.2. The van der Waals surface area contributed by atoms with Crippen molar-refractivity contribution in [1.82, 2.24) is 15.3 Å². The third-order valence-electron chi connectivity index (χ3n) is 4.79. The van der Waals surface area contributed by atoms with E-state index in [0.29, 0.717) is 5.02 Å². The molecular formula is C23H23ClN4O2. The molecule has 0 aliphatic carbocycles. The Morgan fingerprint density at radius 3 is 2.40 bits per heavy atom. The van der Waals surface area contributed by atoms with Gasteiger partial charge in [0.05, 0.1) is 23.0 Å². The minimum atomic E-state index is -0.825. The molecule has 1 atom stereocenters. The van der Waals surface area contributed by atoms with E-state index < -0.39 is 11.8 Å². The summed E-state index contributed by atoms with van der Waals surface area (Å²) in [6, 6.07) is 18.6. The zero-order chi connectivity index (χ0) is 21.7. The molecule has 0 radical (unpaired) electrons. The lowest BCUT2D eigenvalue weighted by Crippen LogP contribution is -2.39. The maximum Gasteiger partial charge on any atom is 0.329 e. The second-order valence-corrected chi connectivity index (χ2v) is 7.33. The number of hydrazone groups is 1. The molecule has 2 aromatic carbocycles. The minimum Gasteiger partial charge on any atom is -0.341 e. The highest BCUT2D eigenvalue weighted by molar-refractivity contribution is 6.35. The van der Waals surface area contributed by atoms with E-state index in [2.05, 4.69) is 15.8 Å². The number of carbonyl (C=O) groups excluding carboxylic acids is 2. The standard InChI is InChI=1S/C23H23ClN4O2/c1-15-13-19(17(3)28(15)21-12-8-7-11-20(21)24)14-25-27-23(30)22(29)26-16(2)18-9-5-4-6-10-18/h4-14,16H,1-3H3,(H,26,29)(H,27,30)/b25-14-/t16-/m1/s1. The third-order valence-corrected chi connectivity index (χ3v) is 5.11. The van der Waals surface area contributed by atoms with Gasteiger partial charge in [-0.1, -0.05) is 54.1 Å². The van der Waals surface area contributed by atoms with Gasteiger partial charge in [-0.05, 0) is 44.5 Å². The molecule has 0 saturated heterocycles. The number of hydrogen-bond donors (Lipinski definition) is 2. The Bertz CT molecular complexity index is 1090. The number of rotatable bonds is 5. The van der Waals surface area contributed by atoms with Gasteiger partial charge in [-0.25, -0.2) is 5.43 Å². The van der Waals surface area contributed by atoms with Crippen molar-refractivity contribution >= 4 is 29.6 Å². The minimum absolute atomic E-state index is 0.289. The fraction of sp³-hybridized carbons (Fsp3) is 0.174. The summed E-state index contributed by atoms with van der Waals surface area (Å²) in [7, 11) is 0. The van der Waals surface area contributed by atoms with Gasteiger partial charge >= 0.3 is 11.8 Å². The molecule has 0 aliphatic rings. The van der Waals surface area contributed by atoms with E-state index in [1.807, 2.05) is 86.0 Å². The van der Waals surface area contributed by atoms with Crippen molar-refractivity contribution in [1.29, 1.82) is 0 Å². The summed E-state index contributed by atoms with van der Waals surface area (Å²) >= 11 is 6.32. The normalized spacial score (nSPS) is 12.0. The molecule has 3 aromatic rings. The molecular weight excluding hydrogens is 400 g/mol. The number of nitrogens with zero attached hydrogens (tertiary/aromatic N) is 2. The van der Waals surface area contributed by atoms with Gasteiger partial charge in [0.2, 0.25) is 0 Å². The molecule has 30 heavy (non-hydrogen) atoms. The van der Waals surface area contributed by atoms with Crippen molar-refractivity contribution in [2.75, 3.05) is 0 Å². The van der Waals surface area contributed by atoms with E-state index in [-0.39, 0.29) is 6.04 Å². The Morgan fingerprint density at radius 1 is 1.03 bits per heavy atom. The van der Waals surface area contributed by atoms with E-state index >= 15 is 0 Å². The topological polar surface area (TPSA) is 75.5 Å². The number of aryl methyl sites for hydroxylation is 1. The van der Waals surface area contributed by atoms with Gasteiger partial charge in [-0.3, -0.25) is 9.59 Å². The summed E-state index contributed by atoms with van der Waals surface area (Å²) in [5.41, 5.74) is 6.76. The van der Waals surface area contributed by atoms with Crippen LogP contribution in [0.15, 0.2) is 65.8 Å². The lowest BCUT2D eigenvalue weighted by Gasteiger charge is -2.13. The molecule has 3 rings (SSSR count). The molecule has 2 N–H and O–H groups in total. The van der Waals surface area contributed by atoms with Gasteiger partial charge in [-0.2, -0.15) is 5.10 Å². The van der Waals surface area contributed by atoms with Gasteiger partial charge in [0, 0.05) is 17.0 Å². The molecule has 0 unspecified atom stereocenters. The summed E-state index contributed by atoms with van der Waals surface area (Å²) in [6.45, 7) is 5.71. The number of halogens is 1. The van der Waals surface area contributed by atoms with Crippen molar-refractivity contribution in [3.05, 3.63) is 88.2 Å². The van der Waals surface area contributed by atoms with E-state index in [9.17, 15) is 9.59 Å². The van der Waals surface area contributed by atoms with Crippen molar-refractivity contribution < 1.29 is 9.59 Å². The fourth-order valence-electron chi connectivity index (χ4n) is 3.22. The molecule has 6 nitrogen and oxygen atoms in total. The van der Waals surface area contributed by atoms with Crippen LogP contribution < -0.4 is 10.7 Å². The van der Waals surface area contributed by atoms with Crippen molar-refractivity contribution in [2.45, 2.75) is 26.8 Å². The number of para-hydroxylation sites is 1. The molecule has 7 heteroatoms. The Kier molecular flexibility index (Phi) is 6.69. The SMILES string of the molecule is Cc1cc(/C=N\NC(=O)C(=O)N[C@H](C)c2ccccc2)c(C)n1-c1ccccc1Cl. The van der Waals surface area contributed by atoms with Crippen LogP contribution in [0.3, 0.4) is 0 Å². The predicted molar refractivity (Wildman–Crippen MR) is 119 cm³/mol. The molecule has 0 aliphatic heterocycles. The molecule has 0 fully saturated rings. The van der Waals surface area contributed by atoms with Crippen LogP contribution in [0.4, 0.5) is 0 Å². The fourth-order valence-corrected chi connectivity index (χ4v) is 3.44. The maximum absolute atomic E-state index is 12.1. The van der Waals surface area contributed by atoms with Gasteiger partial charge in [-0.15, -0.1) is 0 Å². The average molecular weight is 423 g/mol. The third kappa shape index (κ3) is 4.78. The van der Waals surface area contributed by atoms with E-state index in [0.717, 1.165) is 28.2 Å². The quantitative estimate of drug-likeness (QED) is 0.369. The number of aromatic nitrogens is 1. The Labute approximate surface area is 180 Å². The van der Waals surface area contributed by atoms with E-state index in [1.165, 1.54) is 6.21 Å². The zero-order valence-corrected chi connectivity index (χ0v) is 17.8. The van der Waals surface area contributed by atoms with Crippen LogP contribution in [-0.2, 0) is 9.59 Å². The number of hydrogen-bond acceptors (Lipinski definition) is 3. The Hall–Kier alpha value is -3.38. The average Bonchev–Trinajstić information content (AvgIpc) is 3.02. The Balaban J connectivity index is 1.65. The lowest BCUT2D eigenvalue weighted by atomic mass is 10.1. The molecule has 0 saturated carbocycles. The number of amides is 2. The summed E-state index contributed by atoms with van der Waals surface area (Å²) < 4.78 is 2.01. The first-order chi connectivity index (χ1) is 14.4. The van der Waals surface area contributed by atoms with Crippen LogP contribution in [0.5, 0.6) is 0 Å². The number of carbonyl (C=O) groups is 2. The first kappa shape index (κ1) is 21.3. The van der Waals surface area contributed by atoms with Crippen LogP contribution in [-0.4, -0.2) is 22.6 Å². The van der Waals surface area contributed by atoms with Gasteiger partial charge in [0.1, 0.15) is 0 Å². The van der Waals surface area contributed by atoms with Crippen LogP contribution in [0.1, 0.15) is 35.5 Å². The molecule has 2 amide bonds. The lowest BCUT2D eigenvalue weighted by molar-refractivity contribution is -0.139. The highest BCUT2D eigenvalue weighted by Gasteiger charge is 2.17. The number of benzene rings is 2. The smallest absolute Gasteiger partial charge is 0.329 e. The monoisotopic (exact) mass is 422 g/mol. The van der Waals surface area contributed by atoms with Crippen molar-refractivity contribution in [3.63, 3.8) is 0 Å². The predicted octanol–water partition coefficient (Wildman–Crippen LogP) is 4.08. The molecule has 0 bridgehead atoms.